The van der Waals surface area contributed by atoms with Crippen LogP contribution in [0, 0.1) is 13.8 Å². The molecule has 2 rings (SSSR count). The molecule has 0 unspecified atom stereocenters. The molecule has 0 aliphatic heterocycles. The number of hydrogen-bond acceptors (Lipinski definition) is 4. The molecule has 0 aliphatic carbocycles. The number of hydrogen-bond donors (Lipinski definition) is 1. The lowest BCUT2D eigenvalue weighted by molar-refractivity contribution is 0.267. The summed E-state index contributed by atoms with van der Waals surface area (Å²) >= 11 is 0. The lowest BCUT2D eigenvalue weighted by Gasteiger charge is -2.16. The molecule has 0 saturated heterocycles. The number of aromatic nitrogens is 4. The fourth-order valence-corrected chi connectivity index (χ4v) is 2.47. The van der Waals surface area contributed by atoms with E-state index in [-0.39, 0.29) is 6.61 Å². The van der Waals surface area contributed by atoms with Crippen molar-refractivity contribution in [1.29, 1.82) is 0 Å². The van der Waals surface area contributed by atoms with Crippen LogP contribution in [0.1, 0.15) is 22.5 Å². The van der Waals surface area contributed by atoms with Crippen molar-refractivity contribution in [2.75, 3.05) is 13.7 Å². The van der Waals surface area contributed by atoms with Gasteiger partial charge >= 0.3 is 0 Å². The maximum atomic E-state index is 9.04. The smallest absolute Gasteiger partial charge is 0.0644 e. The molecule has 0 aromatic carbocycles. The molecule has 0 amide bonds. The minimum absolute atomic E-state index is 0.118. The Hall–Kier alpha value is -1.66. The van der Waals surface area contributed by atoms with Crippen molar-refractivity contribution < 1.29 is 5.11 Å². The average molecular weight is 277 g/mol. The summed E-state index contributed by atoms with van der Waals surface area (Å²) in [6.45, 7) is 6.46. The van der Waals surface area contributed by atoms with Gasteiger partial charge < -0.3 is 5.11 Å². The van der Waals surface area contributed by atoms with Crippen LogP contribution in [0.3, 0.4) is 0 Å². The van der Waals surface area contributed by atoms with Crippen molar-refractivity contribution in [3.05, 3.63) is 34.9 Å². The Labute approximate surface area is 119 Å². The Morgan fingerprint density at radius 3 is 2.65 bits per heavy atom. The van der Waals surface area contributed by atoms with E-state index in [0.29, 0.717) is 6.54 Å². The van der Waals surface area contributed by atoms with Gasteiger partial charge in [-0.05, 0) is 20.9 Å². The normalized spacial score (nSPS) is 11.5. The fourth-order valence-electron chi connectivity index (χ4n) is 2.47. The van der Waals surface area contributed by atoms with Crippen LogP contribution in [0.15, 0.2) is 12.4 Å². The molecule has 2 aromatic rings. The second kappa shape index (κ2) is 6.19. The molecule has 0 bridgehead atoms. The molecule has 0 radical (unpaired) electrons. The molecule has 0 atom stereocenters. The van der Waals surface area contributed by atoms with E-state index in [1.54, 1.807) is 0 Å². The minimum atomic E-state index is 0.118. The monoisotopic (exact) mass is 277 g/mol. The summed E-state index contributed by atoms with van der Waals surface area (Å²) in [5.74, 6) is 0. The Morgan fingerprint density at radius 1 is 1.30 bits per heavy atom. The third-order valence-corrected chi connectivity index (χ3v) is 3.48. The van der Waals surface area contributed by atoms with Gasteiger partial charge in [0.1, 0.15) is 0 Å². The molecule has 110 valence electrons. The summed E-state index contributed by atoms with van der Waals surface area (Å²) in [5.41, 5.74) is 4.61. The molecular formula is C14H23N5O. The molecule has 6 nitrogen and oxygen atoms in total. The van der Waals surface area contributed by atoms with Crippen LogP contribution in [0.25, 0.3) is 0 Å². The predicted octanol–water partition coefficient (Wildman–Crippen LogP) is 0.858. The van der Waals surface area contributed by atoms with Crippen LogP contribution in [0.2, 0.25) is 0 Å². The molecule has 0 saturated carbocycles. The van der Waals surface area contributed by atoms with E-state index in [0.717, 1.165) is 24.5 Å². The summed E-state index contributed by atoms with van der Waals surface area (Å²) in [5, 5.41) is 17.7. The number of aryl methyl sites for hydroxylation is 2. The van der Waals surface area contributed by atoms with Gasteiger partial charge in [0.25, 0.3) is 0 Å². The summed E-state index contributed by atoms with van der Waals surface area (Å²) < 4.78 is 3.70. The molecule has 0 fully saturated rings. The quantitative estimate of drug-likeness (QED) is 0.851. The Balaban J connectivity index is 2.05. The predicted molar refractivity (Wildman–Crippen MR) is 77.2 cm³/mol. The van der Waals surface area contributed by atoms with Crippen LogP contribution in [0.5, 0.6) is 0 Å². The second-order valence-corrected chi connectivity index (χ2v) is 5.29. The van der Waals surface area contributed by atoms with E-state index in [4.69, 9.17) is 5.11 Å². The standard InChI is InChI=1S/C14H23N5O/c1-11-14(12(2)19(16-11)5-6-20)10-17(3)8-13-7-15-18(4)9-13/h7,9,20H,5-6,8,10H2,1-4H3. The third kappa shape index (κ3) is 3.26. The largest absolute Gasteiger partial charge is 0.394 e. The Bertz CT molecular complexity index is 572. The fraction of sp³-hybridized carbons (Fsp3) is 0.571. The molecule has 0 spiro atoms. The average Bonchev–Trinajstić information content (AvgIpc) is 2.89. The highest BCUT2D eigenvalue weighted by molar-refractivity contribution is 5.24. The lowest BCUT2D eigenvalue weighted by atomic mass is 10.2. The van der Waals surface area contributed by atoms with Crippen LogP contribution < -0.4 is 0 Å². The van der Waals surface area contributed by atoms with Crippen molar-refractivity contribution in [1.82, 2.24) is 24.5 Å². The summed E-state index contributed by atoms with van der Waals surface area (Å²) in [6, 6.07) is 0. The van der Waals surface area contributed by atoms with Gasteiger partial charge in [-0.3, -0.25) is 14.3 Å². The van der Waals surface area contributed by atoms with Crippen LogP contribution in [-0.2, 0) is 26.7 Å². The second-order valence-electron chi connectivity index (χ2n) is 5.29. The number of nitrogens with zero attached hydrogens (tertiary/aromatic N) is 5. The van der Waals surface area contributed by atoms with E-state index in [2.05, 4.69) is 29.1 Å². The molecule has 0 aliphatic rings. The number of aliphatic hydroxyl groups is 1. The van der Waals surface area contributed by atoms with Crippen molar-refractivity contribution in [2.24, 2.45) is 7.05 Å². The van der Waals surface area contributed by atoms with Crippen molar-refractivity contribution in [3.8, 4) is 0 Å². The SMILES string of the molecule is Cc1nn(CCO)c(C)c1CN(C)Cc1cnn(C)c1. The van der Waals surface area contributed by atoms with Crippen LogP contribution in [-0.4, -0.2) is 43.2 Å². The maximum absolute atomic E-state index is 9.04. The van der Waals surface area contributed by atoms with Gasteiger partial charge in [-0.25, -0.2) is 0 Å². The highest BCUT2D eigenvalue weighted by atomic mass is 16.3. The van der Waals surface area contributed by atoms with Gasteiger partial charge in [-0.2, -0.15) is 10.2 Å². The van der Waals surface area contributed by atoms with Gasteiger partial charge in [0, 0.05) is 43.2 Å². The molecule has 1 N–H and O–H groups in total. The first-order chi connectivity index (χ1) is 9.51. The van der Waals surface area contributed by atoms with Gasteiger partial charge in [0.05, 0.1) is 25.0 Å². The first-order valence-electron chi connectivity index (χ1n) is 6.81. The number of rotatable bonds is 6. The van der Waals surface area contributed by atoms with Crippen molar-refractivity contribution in [2.45, 2.75) is 33.5 Å². The van der Waals surface area contributed by atoms with E-state index < -0.39 is 0 Å². The number of aliphatic hydroxyl groups excluding tert-OH is 1. The van der Waals surface area contributed by atoms with Gasteiger partial charge in [0.2, 0.25) is 0 Å². The molecule has 20 heavy (non-hydrogen) atoms. The minimum Gasteiger partial charge on any atom is -0.394 e. The van der Waals surface area contributed by atoms with Crippen LogP contribution >= 0.6 is 0 Å². The van der Waals surface area contributed by atoms with Crippen molar-refractivity contribution >= 4 is 0 Å². The summed E-state index contributed by atoms with van der Waals surface area (Å²) in [6.07, 6.45) is 3.93. The van der Waals surface area contributed by atoms with Gasteiger partial charge in [0.15, 0.2) is 0 Å². The molecule has 2 heterocycles. The van der Waals surface area contributed by atoms with E-state index >= 15 is 0 Å². The summed E-state index contributed by atoms with van der Waals surface area (Å²) in [7, 11) is 4.02. The van der Waals surface area contributed by atoms with E-state index in [1.807, 2.05) is 35.7 Å². The lowest BCUT2D eigenvalue weighted by Crippen LogP contribution is -2.18. The highest BCUT2D eigenvalue weighted by Crippen LogP contribution is 2.16. The zero-order valence-corrected chi connectivity index (χ0v) is 12.7. The maximum Gasteiger partial charge on any atom is 0.0644 e. The Kier molecular flexibility index (Phi) is 4.57. The Morgan fingerprint density at radius 2 is 2.05 bits per heavy atom. The highest BCUT2D eigenvalue weighted by Gasteiger charge is 2.13. The van der Waals surface area contributed by atoms with E-state index in [9.17, 15) is 0 Å². The van der Waals surface area contributed by atoms with Gasteiger partial charge in [-0.15, -0.1) is 0 Å². The first-order valence-corrected chi connectivity index (χ1v) is 6.81. The molecular weight excluding hydrogens is 254 g/mol. The van der Waals surface area contributed by atoms with E-state index in [1.165, 1.54) is 11.1 Å². The third-order valence-electron chi connectivity index (χ3n) is 3.48. The summed E-state index contributed by atoms with van der Waals surface area (Å²) in [4.78, 5) is 2.25. The first kappa shape index (κ1) is 14.7. The molecule has 6 heteroatoms. The van der Waals surface area contributed by atoms with Crippen LogP contribution in [0.4, 0.5) is 0 Å². The topological polar surface area (TPSA) is 59.1 Å². The zero-order chi connectivity index (χ0) is 14.7. The van der Waals surface area contributed by atoms with Gasteiger partial charge in [-0.1, -0.05) is 0 Å². The zero-order valence-electron chi connectivity index (χ0n) is 12.7. The molecule has 2 aromatic heterocycles. The van der Waals surface area contributed by atoms with Crippen molar-refractivity contribution in [3.63, 3.8) is 0 Å².